The summed E-state index contributed by atoms with van der Waals surface area (Å²) in [6.07, 6.45) is 2.38. The summed E-state index contributed by atoms with van der Waals surface area (Å²) >= 11 is 0. The third-order valence-electron chi connectivity index (χ3n) is 3.66. The van der Waals surface area contributed by atoms with E-state index in [0.717, 1.165) is 29.7 Å². The van der Waals surface area contributed by atoms with Gasteiger partial charge in [0.25, 0.3) is 0 Å². The fourth-order valence-electron chi connectivity index (χ4n) is 2.29. The Kier molecular flexibility index (Phi) is 5.15. The lowest BCUT2D eigenvalue weighted by molar-refractivity contribution is -0.116. The van der Waals surface area contributed by atoms with E-state index in [1.165, 1.54) is 11.1 Å². The molecule has 0 unspecified atom stereocenters. The number of hydrogen-bond acceptors (Lipinski definition) is 1. The summed E-state index contributed by atoms with van der Waals surface area (Å²) < 4.78 is 0. The Morgan fingerprint density at radius 3 is 2.33 bits per heavy atom. The number of nitrogens with one attached hydrogen (secondary N) is 1. The lowest BCUT2D eigenvalue weighted by Crippen LogP contribution is -2.12. The second kappa shape index (κ2) is 7.07. The molecule has 0 spiro atoms. The predicted molar refractivity (Wildman–Crippen MR) is 88.7 cm³/mol. The Morgan fingerprint density at radius 2 is 1.62 bits per heavy atom. The average molecular weight is 281 g/mol. The highest BCUT2D eigenvalue weighted by Crippen LogP contribution is 2.17. The third kappa shape index (κ3) is 4.75. The van der Waals surface area contributed by atoms with E-state index in [2.05, 4.69) is 42.6 Å². The molecule has 0 aliphatic heterocycles. The lowest BCUT2D eigenvalue weighted by Gasteiger charge is -2.09. The number of anilines is 1. The van der Waals surface area contributed by atoms with Crippen LogP contribution >= 0.6 is 0 Å². The van der Waals surface area contributed by atoms with E-state index in [4.69, 9.17) is 0 Å². The minimum atomic E-state index is 0.0933. The van der Waals surface area contributed by atoms with Crippen LogP contribution in [0.5, 0.6) is 0 Å². The van der Waals surface area contributed by atoms with Crippen molar-refractivity contribution in [2.75, 3.05) is 5.32 Å². The number of carbonyl (C=O) groups is 1. The van der Waals surface area contributed by atoms with Gasteiger partial charge < -0.3 is 5.32 Å². The molecule has 0 atom stereocenters. The van der Waals surface area contributed by atoms with E-state index in [9.17, 15) is 4.79 Å². The number of hydrogen-bond donors (Lipinski definition) is 1. The molecule has 2 heteroatoms. The Hall–Kier alpha value is -2.09. The van der Waals surface area contributed by atoms with Crippen LogP contribution in [-0.2, 0) is 11.2 Å². The molecule has 0 fully saturated rings. The molecular weight excluding hydrogens is 258 g/mol. The summed E-state index contributed by atoms with van der Waals surface area (Å²) in [4.78, 5) is 12.0. The monoisotopic (exact) mass is 281 g/mol. The van der Waals surface area contributed by atoms with E-state index in [-0.39, 0.29) is 5.91 Å². The second-order valence-corrected chi connectivity index (χ2v) is 5.71. The maximum absolute atomic E-state index is 12.0. The standard InChI is InChI=1S/C19H23NO/c1-14-8-11-17(12-9-14)5-4-6-19(21)20-18-13-15(2)7-10-16(18)3/h7-13H,4-6H2,1-3H3,(H,20,21). The summed E-state index contributed by atoms with van der Waals surface area (Å²) in [7, 11) is 0. The van der Waals surface area contributed by atoms with Crippen molar-refractivity contribution < 1.29 is 4.79 Å². The summed E-state index contributed by atoms with van der Waals surface area (Å²) in [6.45, 7) is 6.13. The second-order valence-electron chi connectivity index (χ2n) is 5.71. The number of aryl methyl sites for hydroxylation is 4. The van der Waals surface area contributed by atoms with E-state index < -0.39 is 0 Å². The van der Waals surface area contributed by atoms with Gasteiger partial charge in [-0.25, -0.2) is 0 Å². The first-order chi connectivity index (χ1) is 10.0. The number of amides is 1. The molecule has 2 rings (SSSR count). The SMILES string of the molecule is Cc1ccc(CCCC(=O)Nc2cc(C)ccc2C)cc1. The highest BCUT2D eigenvalue weighted by Gasteiger charge is 2.05. The molecule has 0 saturated heterocycles. The first-order valence-electron chi connectivity index (χ1n) is 7.47. The van der Waals surface area contributed by atoms with Gasteiger partial charge in [-0.05, 0) is 56.4 Å². The Balaban J connectivity index is 1.82. The fraction of sp³-hybridized carbons (Fsp3) is 0.316. The molecule has 0 bridgehead atoms. The molecule has 0 saturated carbocycles. The van der Waals surface area contributed by atoms with Crippen LogP contribution in [0.4, 0.5) is 5.69 Å². The zero-order chi connectivity index (χ0) is 15.2. The van der Waals surface area contributed by atoms with Crippen LogP contribution in [0.2, 0.25) is 0 Å². The number of rotatable bonds is 5. The maximum atomic E-state index is 12.0. The van der Waals surface area contributed by atoms with E-state index in [1.54, 1.807) is 0 Å². The van der Waals surface area contributed by atoms with Crippen LogP contribution < -0.4 is 5.32 Å². The van der Waals surface area contributed by atoms with Crippen LogP contribution in [0.15, 0.2) is 42.5 Å². The van der Waals surface area contributed by atoms with Crippen LogP contribution in [-0.4, -0.2) is 5.91 Å². The molecule has 2 aromatic carbocycles. The van der Waals surface area contributed by atoms with Crippen LogP contribution in [0.3, 0.4) is 0 Å². The molecule has 2 nitrogen and oxygen atoms in total. The zero-order valence-electron chi connectivity index (χ0n) is 13.1. The normalized spacial score (nSPS) is 10.4. The van der Waals surface area contributed by atoms with Crippen molar-refractivity contribution in [3.63, 3.8) is 0 Å². The van der Waals surface area contributed by atoms with E-state index in [0.29, 0.717) is 6.42 Å². The number of benzene rings is 2. The topological polar surface area (TPSA) is 29.1 Å². The largest absolute Gasteiger partial charge is 0.326 e. The van der Waals surface area contributed by atoms with Crippen LogP contribution in [0.25, 0.3) is 0 Å². The van der Waals surface area contributed by atoms with Gasteiger partial charge in [0.2, 0.25) is 5.91 Å². The number of carbonyl (C=O) groups excluding carboxylic acids is 1. The molecule has 0 heterocycles. The summed E-state index contributed by atoms with van der Waals surface area (Å²) in [5.41, 5.74) is 5.75. The Bertz CT molecular complexity index is 614. The van der Waals surface area contributed by atoms with Gasteiger partial charge in [-0.1, -0.05) is 42.0 Å². The molecule has 2 aromatic rings. The molecule has 21 heavy (non-hydrogen) atoms. The smallest absolute Gasteiger partial charge is 0.224 e. The van der Waals surface area contributed by atoms with Crippen molar-refractivity contribution in [3.05, 3.63) is 64.7 Å². The van der Waals surface area contributed by atoms with Gasteiger partial charge in [0.1, 0.15) is 0 Å². The molecule has 1 amide bonds. The van der Waals surface area contributed by atoms with E-state index >= 15 is 0 Å². The molecular formula is C19H23NO. The Morgan fingerprint density at radius 1 is 0.952 bits per heavy atom. The zero-order valence-corrected chi connectivity index (χ0v) is 13.1. The highest BCUT2D eigenvalue weighted by molar-refractivity contribution is 5.91. The van der Waals surface area contributed by atoms with Crippen LogP contribution in [0, 0.1) is 20.8 Å². The van der Waals surface area contributed by atoms with Crippen molar-refractivity contribution in [2.24, 2.45) is 0 Å². The lowest BCUT2D eigenvalue weighted by atomic mass is 10.1. The van der Waals surface area contributed by atoms with Gasteiger partial charge in [-0.15, -0.1) is 0 Å². The van der Waals surface area contributed by atoms with Gasteiger partial charge in [0.15, 0.2) is 0 Å². The first-order valence-corrected chi connectivity index (χ1v) is 7.47. The molecule has 110 valence electrons. The third-order valence-corrected chi connectivity index (χ3v) is 3.66. The first kappa shape index (κ1) is 15.3. The van der Waals surface area contributed by atoms with Gasteiger partial charge in [-0.3, -0.25) is 4.79 Å². The van der Waals surface area contributed by atoms with Gasteiger partial charge >= 0.3 is 0 Å². The summed E-state index contributed by atoms with van der Waals surface area (Å²) in [5.74, 6) is 0.0933. The molecule has 0 aliphatic rings. The predicted octanol–water partition coefficient (Wildman–Crippen LogP) is 4.57. The van der Waals surface area contributed by atoms with Crippen molar-refractivity contribution in [2.45, 2.75) is 40.0 Å². The minimum Gasteiger partial charge on any atom is -0.326 e. The molecule has 1 N–H and O–H groups in total. The minimum absolute atomic E-state index is 0.0933. The van der Waals surface area contributed by atoms with Crippen LogP contribution in [0.1, 0.15) is 35.1 Å². The maximum Gasteiger partial charge on any atom is 0.224 e. The van der Waals surface area contributed by atoms with Gasteiger partial charge in [0, 0.05) is 12.1 Å². The Labute approximate surface area is 127 Å². The summed E-state index contributed by atoms with van der Waals surface area (Å²) in [6, 6.07) is 14.6. The quantitative estimate of drug-likeness (QED) is 0.854. The molecule has 0 aromatic heterocycles. The van der Waals surface area contributed by atoms with Gasteiger partial charge in [-0.2, -0.15) is 0 Å². The van der Waals surface area contributed by atoms with E-state index in [1.807, 2.05) is 26.0 Å². The van der Waals surface area contributed by atoms with Crippen molar-refractivity contribution >= 4 is 11.6 Å². The fourth-order valence-corrected chi connectivity index (χ4v) is 2.29. The summed E-state index contributed by atoms with van der Waals surface area (Å²) in [5, 5.41) is 3.01. The van der Waals surface area contributed by atoms with Crippen molar-refractivity contribution in [1.82, 2.24) is 0 Å². The van der Waals surface area contributed by atoms with Crippen molar-refractivity contribution in [1.29, 1.82) is 0 Å². The van der Waals surface area contributed by atoms with Gasteiger partial charge in [0.05, 0.1) is 0 Å². The molecule has 0 aliphatic carbocycles. The highest BCUT2D eigenvalue weighted by atomic mass is 16.1. The van der Waals surface area contributed by atoms with Crippen molar-refractivity contribution in [3.8, 4) is 0 Å². The molecule has 0 radical (unpaired) electrons. The average Bonchev–Trinajstić information content (AvgIpc) is 2.45.